The molecule has 4 aromatic rings. The second kappa shape index (κ2) is 10.2. The normalized spacial score (nSPS) is 18.2. The first kappa shape index (κ1) is 24.5. The van der Waals surface area contributed by atoms with E-state index in [0.29, 0.717) is 23.1 Å². The van der Waals surface area contributed by atoms with Crippen LogP contribution in [0.5, 0.6) is 0 Å². The topological polar surface area (TPSA) is 71.8 Å². The van der Waals surface area contributed by atoms with E-state index in [9.17, 15) is 13.2 Å². The zero-order valence-electron chi connectivity index (χ0n) is 20.8. The molecule has 0 radical (unpaired) electrons. The van der Waals surface area contributed by atoms with Crippen molar-refractivity contribution in [2.24, 2.45) is 0 Å². The summed E-state index contributed by atoms with van der Waals surface area (Å²) < 4.78 is 41.9. The van der Waals surface area contributed by atoms with Gasteiger partial charge in [-0.05, 0) is 99.1 Å². The number of halogens is 3. The molecule has 1 aliphatic heterocycles. The summed E-state index contributed by atoms with van der Waals surface area (Å²) in [4.78, 5) is 15.2. The molecule has 0 bridgehead atoms. The lowest BCUT2D eigenvalue weighted by Crippen LogP contribution is -2.32. The Balaban J connectivity index is 1.30. The summed E-state index contributed by atoms with van der Waals surface area (Å²) in [7, 11) is 0. The predicted molar refractivity (Wildman–Crippen MR) is 138 cm³/mol. The maximum Gasteiger partial charge on any atom is 0.453 e. The third-order valence-corrected chi connectivity index (χ3v) is 7.35. The lowest BCUT2D eigenvalue weighted by atomic mass is 10.0. The van der Waals surface area contributed by atoms with E-state index in [1.54, 1.807) is 36.5 Å². The Morgan fingerprint density at radius 3 is 2.39 bits per heavy atom. The summed E-state index contributed by atoms with van der Waals surface area (Å²) in [5.41, 5.74) is 4.34. The number of nitrogens with one attached hydrogen (secondary N) is 1. The number of hydrogen-bond donors (Lipinski definition) is 1. The highest BCUT2D eigenvalue weighted by molar-refractivity contribution is 5.59. The van der Waals surface area contributed by atoms with E-state index in [2.05, 4.69) is 36.3 Å². The Kier molecular flexibility index (Phi) is 6.57. The molecule has 1 saturated heterocycles. The average molecular weight is 520 g/mol. The van der Waals surface area contributed by atoms with Gasteiger partial charge in [0.15, 0.2) is 5.82 Å². The van der Waals surface area contributed by atoms with Gasteiger partial charge in [0.1, 0.15) is 0 Å². The van der Waals surface area contributed by atoms with Crippen molar-refractivity contribution in [1.29, 1.82) is 0 Å². The quantitative estimate of drug-likeness (QED) is 0.335. The number of nitrogens with zero attached hydrogens (tertiary/aromatic N) is 6. The van der Waals surface area contributed by atoms with Crippen molar-refractivity contribution >= 4 is 11.6 Å². The third-order valence-electron chi connectivity index (χ3n) is 7.35. The van der Waals surface area contributed by atoms with Gasteiger partial charge in [0.05, 0.1) is 11.4 Å². The monoisotopic (exact) mass is 519 g/mol. The average Bonchev–Trinajstić information content (AvgIpc) is 3.56. The molecule has 1 fully saturated rings. The summed E-state index contributed by atoms with van der Waals surface area (Å²) in [6.07, 6.45) is 3.68. The summed E-state index contributed by atoms with van der Waals surface area (Å²) in [5, 5.41) is 6.85. The standard InChI is InChI=1S/C28H28F3N7/c29-28(30,31)26-35-27(38(36-26)25-8-5-7-24(34-25)23-6-1-2-15-32-23)33-21-12-9-19-10-13-22(14-11-20(19)18-21)37-16-3-4-17-37/h1-2,5-9,12,15,18,22H,3-4,10-11,13-14,16-17H2,(H,33,35,36). The largest absolute Gasteiger partial charge is 0.453 e. The summed E-state index contributed by atoms with van der Waals surface area (Å²) in [6.45, 7) is 2.36. The predicted octanol–water partition coefficient (Wildman–Crippen LogP) is 5.83. The van der Waals surface area contributed by atoms with Gasteiger partial charge < -0.3 is 10.2 Å². The minimum atomic E-state index is -4.70. The van der Waals surface area contributed by atoms with E-state index >= 15 is 0 Å². The Morgan fingerprint density at radius 1 is 0.842 bits per heavy atom. The van der Waals surface area contributed by atoms with Gasteiger partial charge in [0.2, 0.25) is 5.95 Å². The number of anilines is 2. The van der Waals surface area contributed by atoms with Gasteiger partial charge in [0, 0.05) is 17.9 Å². The second-order valence-electron chi connectivity index (χ2n) is 9.85. The van der Waals surface area contributed by atoms with Crippen LogP contribution in [0.25, 0.3) is 17.2 Å². The van der Waals surface area contributed by atoms with Crippen molar-refractivity contribution < 1.29 is 13.2 Å². The molecule has 4 heterocycles. The van der Waals surface area contributed by atoms with Crippen LogP contribution in [0.3, 0.4) is 0 Å². The molecule has 38 heavy (non-hydrogen) atoms. The molecular weight excluding hydrogens is 491 g/mol. The lowest BCUT2D eigenvalue weighted by Gasteiger charge is -2.25. The van der Waals surface area contributed by atoms with Crippen molar-refractivity contribution in [2.75, 3.05) is 18.4 Å². The molecule has 0 spiro atoms. The summed E-state index contributed by atoms with van der Waals surface area (Å²) in [6, 6.07) is 17.1. The third kappa shape index (κ3) is 5.13. The highest BCUT2D eigenvalue weighted by Crippen LogP contribution is 2.32. The van der Waals surface area contributed by atoms with E-state index < -0.39 is 12.0 Å². The molecule has 1 unspecified atom stereocenters. The molecule has 1 atom stereocenters. The molecule has 0 saturated carbocycles. The number of rotatable bonds is 5. The fraction of sp³-hybridized carbons (Fsp3) is 0.357. The number of fused-ring (bicyclic) bond motifs is 1. The number of pyridine rings is 2. The zero-order chi connectivity index (χ0) is 26.1. The van der Waals surface area contributed by atoms with Gasteiger partial charge in [-0.15, -0.1) is 5.10 Å². The van der Waals surface area contributed by atoms with Crippen LogP contribution in [0, 0.1) is 0 Å². The van der Waals surface area contributed by atoms with Crippen LogP contribution in [-0.2, 0) is 19.0 Å². The smallest absolute Gasteiger partial charge is 0.324 e. The number of aromatic nitrogens is 5. The highest BCUT2D eigenvalue weighted by Gasteiger charge is 2.37. The first-order valence-electron chi connectivity index (χ1n) is 13.0. The minimum absolute atomic E-state index is 0.0495. The van der Waals surface area contributed by atoms with Gasteiger partial charge in [-0.25, -0.2) is 4.98 Å². The van der Waals surface area contributed by atoms with Gasteiger partial charge in [-0.3, -0.25) is 4.98 Å². The Bertz CT molecular complexity index is 1410. The van der Waals surface area contributed by atoms with E-state index in [-0.39, 0.29) is 11.8 Å². The lowest BCUT2D eigenvalue weighted by molar-refractivity contribution is -0.144. The highest BCUT2D eigenvalue weighted by atomic mass is 19.4. The van der Waals surface area contributed by atoms with Crippen LogP contribution in [0.1, 0.15) is 42.6 Å². The maximum absolute atomic E-state index is 13.6. The van der Waals surface area contributed by atoms with Crippen LogP contribution in [-0.4, -0.2) is 48.8 Å². The SMILES string of the molecule is FC(F)(F)c1nc(Nc2ccc3c(c2)CCC(N2CCCC2)CC3)n(-c2cccc(-c3ccccn3)n2)n1. The van der Waals surface area contributed by atoms with Crippen LogP contribution in [0.15, 0.2) is 60.8 Å². The fourth-order valence-corrected chi connectivity index (χ4v) is 5.44. The molecule has 10 heteroatoms. The molecule has 3 aromatic heterocycles. The Hall–Kier alpha value is -3.79. The molecule has 2 aliphatic rings. The molecule has 1 N–H and O–H groups in total. The number of hydrogen-bond acceptors (Lipinski definition) is 6. The first-order valence-corrected chi connectivity index (χ1v) is 13.0. The van der Waals surface area contributed by atoms with Crippen molar-refractivity contribution in [3.05, 3.63) is 77.7 Å². The molecule has 7 nitrogen and oxygen atoms in total. The van der Waals surface area contributed by atoms with Crippen LogP contribution in [0.2, 0.25) is 0 Å². The molecule has 6 rings (SSSR count). The fourth-order valence-electron chi connectivity index (χ4n) is 5.44. The van der Waals surface area contributed by atoms with Gasteiger partial charge in [-0.1, -0.05) is 18.2 Å². The minimum Gasteiger partial charge on any atom is -0.324 e. The van der Waals surface area contributed by atoms with Crippen molar-refractivity contribution in [1.82, 2.24) is 29.6 Å². The van der Waals surface area contributed by atoms with Gasteiger partial charge in [0.25, 0.3) is 5.82 Å². The van der Waals surface area contributed by atoms with Crippen molar-refractivity contribution in [3.8, 4) is 17.2 Å². The van der Waals surface area contributed by atoms with Crippen LogP contribution in [0.4, 0.5) is 24.8 Å². The van der Waals surface area contributed by atoms with Gasteiger partial charge >= 0.3 is 6.18 Å². The molecule has 0 amide bonds. The zero-order valence-corrected chi connectivity index (χ0v) is 20.8. The van der Waals surface area contributed by atoms with Crippen molar-refractivity contribution in [2.45, 2.75) is 50.7 Å². The Labute approximate surface area is 218 Å². The number of alkyl halides is 3. The van der Waals surface area contributed by atoms with Gasteiger partial charge in [-0.2, -0.15) is 22.8 Å². The summed E-state index contributed by atoms with van der Waals surface area (Å²) >= 11 is 0. The van der Waals surface area contributed by atoms with E-state index in [1.807, 2.05) is 18.2 Å². The van der Waals surface area contributed by atoms with E-state index in [1.165, 1.54) is 37.1 Å². The summed E-state index contributed by atoms with van der Waals surface area (Å²) in [5.74, 6) is -1.07. The van der Waals surface area contributed by atoms with Crippen LogP contribution < -0.4 is 5.32 Å². The number of benzene rings is 1. The first-order chi connectivity index (χ1) is 18.4. The van der Waals surface area contributed by atoms with E-state index in [4.69, 9.17) is 0 Å². The number of likely N-dealkylation sites (tertiary alicyclic amines) is 1. The second-order valence-corrected chi connectivity index (χ2v) is 9.85. The Morgan fingerprint density at radius 2 is 1.63 bits per heavy atom. The molecule has 1 aliphatic carbocycles. The molecular formula is C28H28F3N7. The van der Waals surface area contributed by atoms with E-state index in [0.717, 1.165) is 30.4 Å². The molecule has 196 valence electrons. The maximum atomic E-state index is 13.6. The number of aryl methyl sites for hydroxylation is 2. The molecule has 1 aromatic carbocycles. The van der Waals surface area contributed by atoms with Crippen molar-refractivity contribution in [3.63, 3.8) is 0 Å². The van der Waals surface area contributed by atoms with Crippen LogP contribution >= 0.6 is 0 Å².